The minimum atomic E-state index is -0.920. The highest BCUT2D eigenvalue weighted by Gasteiger charge is 2.24. The van der Waals surface area contributed by atoms with Crippen molar-refractivity contribution >= 4 is 18.2 Å². The van der Waals surface area contributed by atoms with Crippen LogP contribution in [0.3, 0.4) is 0 Å². The third kappa shape index (κ3) is 12.1. The number of carbonyl (C=O) groups is 3. The second kappa shape index (κ2) is 14.1. The first-order valence-corrected chi connectivity index (χ1v) is 10.1. The summed E-state index contributed by atoms with van der Waals surface area (Å²) in [5, 5.41) is 20.2. The molecule has 0 aliphatic carbocycles. The Labute approximate surface area is 161 Å². The van der Waals surface area contributed by atoms with Crippen LogP contribution in [-0.4, -0.2) is 59.0 Å². The van der Waals surface area contributed by atoms with E-state index in [0.29, 0.717) is 32.5 Å². The van der Waals surface area contributed by atoms with Gasteiger partial charge in [-0.05, 0) is 12.8 Å². The van der Waals surface area contributed by atoms with Gasteiger partial charge in [0.15, 0.2) is 0 Å². The Bertz CT molecular complexity index is 449. The van der Waals surface area contributed by atoms with Crippen LogP contribution in [0.2, 0.25) is 0 Å². The summed E-state index contributed by atoms with van der Waals surface area (Å²) in [6.45, 7) is 1.42. The number of nitrogens with one attached hydrogen (secondary N) is 1. The lowest BCUT2D eigenvalue weighted by molar-refractivity contribution is -0.137. The van der Waals surface area contributed by atoms with Gasteiger partial charge in [0, 0.05) is 38.9 Å². The van der Waals surface area contributed by atoms with Crippen molar-refractivity contribution < 1.29 is 29.3 Å². The number of unbranched alkanes of at least 4 members (excludes halogenated alkanes) is 8. The molecule has 27 heavy (non-hydrogen) atoms. The van der Waals surface area contributed by atoms with Crippen molar-refractivity contribution in [3.8, 4) is 0 Å². The highest BCUT2D eigenvalue weighted by molar-refractivity contribution is 5.67. The molecule has 156 valence electrons. The van der Waals surface area contributed by atoms with Crippen molar-refractivity contribution in [2.75, 3.05) is 19.6 Å². The number of hydrogen-bond acceptors (Lipinski definition) is 4. The van der Waals surface area contributed by atoms with Gasteiger partial charge in [-0.3, -0.25) is 4.79 Å². The predicted octanol–water partition coefficient (Wildman–Crippen LogP) is 3.84. The SMILES string of the molecule is O=C(O)CCCCCCCCCCCNC(=O)OC1CCN(C(=O)O)CC1. The summed E-state index contributed by atoms with van der Waals surface area (Å²) >= 11 is 0. The number of rotatable bonds is 13. The maximum absolute atomic E-state index is 11.7. The summed E-state index contributed by atoms with van der Waals surface area (Å²) in [6.07, 6.45) is 9.35. The number of carboxylic acids is 1. The van der Waals surface area contributed by atoms with Gasteiger partial charge in [0.2, 0.25) is 0 Å². The topological polar surface area (TPSA) is 116 Å². The van der Waals surface area contributed by atoms with Crippen LogP contribution >= 0.6 is 0 Å². The Balaban J connectivity index is 1.86. The molecule has 3 N–H and O–H groups in total. The second-order valence-electron chi connectivity index (χ2n) is 7.13. The zero-order valence-electron chi connectivity index (χ0n) is 16.2. The van der Waals surface area contributed by atoms with Gasteiger partial charge in [-0.15, -0.1) is 0 Å². The molecule has 0 unspecified atom stereocenters. The van der Waals surface area contributed by atoms with Crippen LogP contribution in [-0.2, 0) is 9.53 Å². The fourth-order valence-corrected chi connectivity index (χ4v) is 3.19. The van der Waals surface area contributed by atoms with Crippen LogP contribution in [0.1, 0.15) is 77.0 Å². The number of alkyl carbamates (subject to hydrolysis) is 1. The fraction of sp³-hybridized carbons (Fsp3) is 0.842. The van der Waals surface area contributed by atoms with Gasteiger partial charge >= 0.3 is 18.2 Å². The molecule has 1 aliphatic rings. The van der Waals surface area contributed by atoms with E-state index in [1.54, 1.807) is 0 Å². The van der Waals surface area contributed by atoms with Crippen LogP contribution in [0.15, 0.2) is 0 Å². The lowest BCUT2D eigenvalue weighted by Crippen LogP contribution is -2.41. The maximum Gasteiger partial charge on any atom is 0.407 e. The average molecular weight is 386 g/mol. The molecule has 0 aromatic rings. The first kappa shape index (κ1) is 23.0. The van der Waals surface area contributed by atoms with E-state index >= 15 is 0 Å². The van der Waals surface area contributed by atoms with E-state index < -0.39 is 18.2 Å². The van der Waals surface area contributed by atoms with E-state index in [0.717, 1.165) is 44.9 Å². The van der Waals surface area contributed by atoms with Crippen LogP contribution in [0.25, 0.3) is 0 Å². The van der Waals surface area contributed by atoms with Crippen molar-refractivity contribution in [2.45, 2.75) is 83.2 Å². The molecular weight excluding hydrogens is 352 g/mol. The van der Waals surface area contributed by atoms with Crippen molar-refractivity contribution in [1.29, 1.82) is 0 Å². The van der Waals surface area contributed by atoms with Gasteiger partial charge < -0.3 is 25.2 Å². The van der Waals surface area contributed by atoms with Gasteiger partial charge in [0.05, 0.1) is 0 Å². The molecule has 1 heterocycles. The monoisotopic (exact) mass is 386 g/mol. The Kier molecular flexibility index (Phi) is 12.1. The van der Waals surface area contributed by atoms with Crippen LogP contribution < -0.4 is 5.32 Å². The quantitative estimate of drug-likeness (QED) is 0.414. The van der Waals surface area contributed by atoms with Crippen molar-refractivity contribution in [2.24, 2.45) is 0 Å². The Morgan fingerprint density at radius 1 is 0.852 bits per heavy atom. The number of amides is 2. The minimum Gasteiger partial charge on any atom is -0.481 e. The summed E-state index contributed by atoms with van der Waals surface area (Å²) in [4.78, 5) is 34.3. The Morgan fingerprint density at radius 3 is 1.89 bits per heavy atom. The molecule has 8 nitrogen and oxygen atoms in total. The average Bonchev–Trinajstić information content (AvgIpc) is 2.62. The largest absolute Gasteiger partial charge is 0.481 e. The number of carbonyl (C=O) groups excluding carboxylic acids is 1. The Hall–Kier alpha value is -1.99. The number of aliphatic carboxylic acids is 1. The molecule has 0 atom stereocenters. The highest BCUT2D eigenvalue weighted by atomic mass is 16.6. The molecule has 0 radical (unpaired) electrons. The van der Waals surface area contributed by atoms with Gasteiger partial charge in [-0.1, -0.05) is 44.9 Å². The molecule has 1 rings (SSSR count). The molecule has 1 aliphatic heterocycles. The van der Waals surface area contributed by atoms with Crippen molar-refractivity contribution in [1.82, 2.24) is 10.2 Å². The summed E-state index contributed by atoms with van der Waals surface area (Å²) in [6, 6.07) is 0. The van der Waals surface area contributed by atoms with Crippen molar-refractivity contribution in [3.05, 3.63) is 0 Å². The predicted molar refractivity (Wildman–Crippen MR) is 101 cm³/mol. The van der Waals surface area contributed by atoms with Crippen LogP contribution in [0.5, 0.6) is 0 Å². The Morgan fingerprint density at radius 2 is 1.37 bits per heavy atom. The smallest absolute Gasteiger partial charge is 0.407 e. The maximum atomic E-state index is 11.7. The fourth-order valence-electron chi connectivity index (χ4n) is 3.19. The number of piperidine rings is 1. The molecule has 0 aromatic carbocycles. The van der Waals surface area contributed by atoms with E-state index in [-0.39, 0.29) is 12.5 Å². The zero-order chi connectivity index (χ0) is 19.9. The van der Waals surface area contributed by atoms with E-state index in [9.17, 15) is 14.4 Å². The highest BCUT2D eigenvalue weighted by Crippen LogP contribution is 2.14. The second-order valence-corrected chi connectivity index (χ2v) is 7.13. The third-order valence-corrected chi connectivity index (χ3v) is 4.82. The normalized spacial score (nSPS) is 14.7. The van der Waals surface area contributed by atoms with E-state index in [1.807, 2.05) is 0 Å². The summed E-state index contributed by atoms with van der Waals surface area (Å²) in [5.41, 5.74) is 0. The molecule has 0 spiro atoms. The van der Waals surface area contributed by atoms with Gasteiger partial charge in [-0.25, -0.2) is 9.59 Å². The number of hydrogen-bond donors (Lipinski definition) is 3. The zero-order valence-corrected chi connectivity index (χ0v) is 16.2. The van der Waals surface area contributed by atoms with Gasteiger partial charge in [0.1, 0.15) is 6.10 Å². The molecule has 1 saturated heterocycles. The lowest BCUT2D eigenvalue weighted by Gasteiger charge is -2.29. The van der Waals surface area contributed by atoms with Crippen LogP contribution in [0.4, 0.5) is 9.59 Å². The van der Waals surface area contributed by atoms with E-state index in [1.165, 1.54) is 17.7 Å². The van der Waals surface area contributed by atoms with Crippen molar-refractivity contribution in [3.63, 3.8) is 0 Å². The number of carboxylic acid groups (broad SMARTS) is 2. The molecule has 1 fully saturated rings. The lowest BCUT2D eigenvalue weighted by atomic mass is 10.1. The molecule has 0 bridgehead atoms. The standard InChI is InChI=1S/C19H34N2O6/c22-17(23)10-8-6-4-2-1-3-5-7-9-13-20-18(24)27-16-11-14-21(15-12-16)19(25)26/h16H,1-15H2,(H,20,24)(H,22,23)(H,25,26). The third-order valence-electron chi connectivity index (χ3n) is 4.82. The minimum absolute atomic E-state index is 0.198. The van der Waals surface area contributed by atoms with E-state index in [2.05, 4.69) is 5.32 Å². The summed E-state index contributed by atoms with van der Waals surface area (Å²) < 4.78 is 5.32. The molecular formula is C19H34N2O6. The molecule has 2 amide bonds. The van der Waals surface area contributed by atoms with Gasteiger partial charge in [0.25, 0.3) is 0 Å². The molecule has 0 aromatic heterocycles. The first-order valence-electron chi connectivity index (χ1n) is 10.1. The molecule has 0 saturated carbocycles. The van der Waals surface area contributed by atoms with E-state index in [4.69, 9.17) is 14.9 Å². The summed E-state index contributed by atoms with van der Waals surface area (Å²) in [7, 11) is 0. The number of nitrogens with zero attached hydrogens (tertiary/aromatic N) is 1. The van der Waals surface area contributed by atoms with Gasteiger partial charge in [-0.2, -0.15) is 0 Å². The summed E-state index contributed by atoms with van der Waals surface area (Å²) in [5.74, 6) is -0.712. The number of likely N-dealkylation sites (tertiary alicyclic amines) is 1. The first-order chi connectivity index (χ1) is 13.0. The number of ether oxygens (including phenoxy) is 1. The molecule has 8 heteroatoms. The van der Waals surface area contributed by atoms with Crippen LogP contribution in [0, 0.1) is 0 Å².